The Morgan fingerprint density at radius 3 is 2.80 bits per heavy atom. The third-order valence-corrected chi connectivity index (χ3v) is 3.04. The molecule has 0 unspecified atom stereocenters. The summed E-state index contributed by atoms with van der Waals surface area (Å²) in [6.45, 7) is 1.09. The van der Waals surface area contributed by atoms with Gasteiger partial charge >= 0.3 is 0 Å². The average Bonchev–Trinajstić information content (AvgIpc) is 2.84. The minimum atomic E-state index is 0.398. The zero-order valence-electron chi connectivity index (χ0n) is 11.8. The number of rotatable bonds is 5. The lowest BCUT2D eigenvalue weighted by Gasteiger charge is -2.10. The number of aliphatic imine (C=N–C) groups is 1. The number of ether oxygens (including phenoxy) is 1. The Morgan fingerprint density at radius 2 is 2.10 bits per heavy atom. The molecule has 1 heterocycles. The number of aromatic nitrogens is 1. The average molecular weight is 272 g/mol. The van der Waals surface area contributed by atoms with E-state index in [9.17, 15) is 0 Å². The predicted molar refractivity (Wildman–Crippen MR) is 81.5 cm³/mol. The van der Waals surface area contributed by atoms with E-state index >= 15 is 0 Å². The third-order valence-electron chi connectivity index (χ3n) is 3.04. The zero-order chi connectivity index (χ0) is 14.4. The van der Waals surface area contributed by atoms with Crippen LogP contribution < -0.4 is 11.1 Å². The molecular weight excluding hydrogens is 252 g/mol. The molecular formula is C15H20N4O. The summed E-state index contributed by atoms with van der Waals surface area (Å²) in [6, 6.07) is 11.9. The summed E-state index contributed by atoms with van der Waals surface area (Å²) in [6.07, 6.45) is 1.99. The highest BCUT2D eigenvalue weighted by molar-refractivity contribution is 5.92. The Morgan fingerprint density at radius 1 is 1.30 bits per heavy atom. The van der Waals surface area contributed by atoms with Gasteiger partial charge < -0.3 is 20.4 Å². The van der Waals surface area contributed by atoms with Gasteiger partial charge in [-0.05, 0) is 18.2 Å². The van der Waals surface area contributed by atoms with Crippen LogP contribution in [0.15, 0.2) is 47.6 Å². The smallest absolute Gasteiger partial charge is 0.193 e. The second kappa shape index (κ2) is 6.77. The van der Waals surface area contributed by atoms with E-state index < -0.39 is 0 Å². The van der Waals surface area contributed by atoms with E-state index in [-0.39, 0.29) is 0 Å². The SMILES string of the molecule is COCc1ccccc1NC(N)=NCc1cccn1C. The van der Waals surface area contributed by atoms with E-state index in [1.165, 1.54) is 0 Å². The Bertz CT molecular complexity index is 589. The first kappa shape index (κ1) is 14.1. The predicted octanol–water partition coefficient (Wildman–Crippen LogP) is 2.10. The Balaban J connectivity index is 2.04. The number of hydrogen-bond donors (Lipinski definition) is 2. The van der Waals surface area contributed by atoms with Crippen molar-refractivity contribution in [2.24, 2.45) is 17.8 Å². The molecule has 0 amide bonds. The lowest BCUT2D eigenvalue weighted by Crippen LogP contribution is -2.23. The summed E-state index contributed by atoms with van der Waals surface area (Å²) >= 11 is 0. The number of guanidine groups is 1. The van der Waals surface area contributed by atoms with Crippen LogP contribution in [0.5, 0.6) is 0 Å². The Labute approximate surface area is 119 Å². The van der Waals surface area contributed by atoms with Crippen molar-refractivity contribution >= 4 is 11.6 Å². The zero-order valence-corrected chi connectivity index (χ0v) is 11.8. The summed E-state index contributed by atoms with van der Waals surface area (Å²) in [5.74, 6) is 0.398. The minimum absolute atomic E-state index is 0.398. The van der Waals surface area contributed by atoms with Gasteiger partial charge in [-0.15, -0.1) is 0 Å². The second-order valence-electron chi connectivity index (χ2n) is 4.53. The van der Waals surface area contributed by atoms with E-state index in [2.05, 4.69) is 10.3 Å². The Kier molecular flexibility index (Phi) is 4.79. The number of para-hydroxylation sites is 1. The number of nitrogens with two attached hydrogens (primary N) is 1. The van der Waals surface area contributed by atoms with Gasteiger partial charge in [-0.3, -0.25) is 0 Å². The van der Waals surface area contributed by atoms with Gasteiger partial charge in [0.25, 0.3) is 0 Å². The quantitative estimate of drug-likeness (QED) is 0.647. The molecule has 0 aliphatic rings. The summed E-state index contributed by atoms with van der Waals surface area (Å²) in [5.41, 5.74) is 9.00. The van der Waals surface area contributed by atoms with Crippen molar-refractivity contribution in [1.82, 2.24) is 4.57 Å². The van der Waals surface area contributed by atoms with Crippen LogP contribution in [0.2, 0.25) is 0 Å². The van der Waals surface area contributed by atoms with Crippen LogP contribution in [0.1, 0.15) is 11.3 Å². The van der Waals surface area contributed by atoms with Gasteiger partial charge in [-0.1, -0.05) is 18.2 Å². The molecule has 5 nitrogen and oxygen atoms in total. The molecule has 0 saturated carbocycles. The molecule has 0 radical (unpaired) electrons. The van der Waals surface area contributed by atoms with Crippen LogP contribution in [0.25, 0.3) is 0 Å². The maximum atomic E-state index is 5.93. The normalized spacial score (nSPS) is 11.6. The van der Waals surface area contributed by atoms with Crippen molar-refractivity contribution in [3.05, 3.63) is 53.9 Å². The fourth-order valence-corrected chi connectivity index (χ4v) is 1.93. The lowest BCUT2D eigenvalue weighted by molar-refractivity contribution is 0.185. The summed E-state index contributed by atoms with van der Waals surface area (Å²) in [7, 11) is 3.66. The molecule has 0 fully saturated rings. The van der Waals surface area contributed by atoms with E-state index in [0.717, 1.165) is 16.9 Å². The van der Waals surface area contributed by atoms with Crippen molar-refractivity contribution in [2.45, 2.75) is 13.2 Å². The maximum Gasteiger partial charge on any atom is 0.193 e. The molecule has 0 aliphatic carbocycles. The number of methoxy groups -OCH3 is 1. The van der Waals surface area contributed by atoms with Crippen LogP contribution in [0.4, 0.5) is 5.69 Å². The van der Waals surface area contributed by atoms with Crippen molar-refractivity contribution in [3.63, 3.8) is 0 Å². The van der Waals surface area contributed by atoms with Crippen molar-refractivity contribution in [3.8, 4) is 0 Å². The molecule has 20 heavy (non-hydrogen) atoms. The van der Waals surface area contributed by atoms with Crippen molar-refractivity contribution in [2.75, 3.05) is 12.4 Å². The highest BCUT2D eigenvalue weighted by Gasteiger charge is 2.02. The van der Waals surface area contributed by atoms with E-state index in [1.807, 2.05) is 54.2 Å². The molecule has 0 saturated heterocycles. The monoisotopic (exact) mass is 272 g/mol. The van der Waals surface area contributed by atoms with E-state index in [4.69, 9.17) is 10.5 Å². The first-order valence-electron chi connectivity index (χ1n) is 6.44. The standard InChI is InChI=1S/C15H20N4O/c1-19-9-5-7-13(19)10-17-15(16)18-14-8-4-3-6-12(14)11-20-2/h3-9H,10-11H2,1-2H3,(H3,16,17,18). The molecule has 5 heteroatoms. The topological polar surface area (TPSA) is 64.6 Å². The number of nitrogens with one attached hydrogen (secondary N) is 1. The summed E-state index contributed by atoms with van der Waals surface area (Å²) < 4.78 is 7.18. The minimum Gasteiger partial charge on any atom is -0.380 e. The van der Waals surface area contributed by atoms with Gasteiger partial charge in [-0.25, -0.2) is 4.99 Å². The number of aryl methyl sites for hydroxylation is 1. The van der Waals surface area contributed by atoms with Gasteiger partial charge in [0.05, 0.1) is 13.2 Å². The molecule has 2 aromatic rings. The largest absolute Gasteiger partial charge is 0.380 e. The third kappa shape index (κ3) is 3.61. The van der Waals surface area contributed by atoms with Crippen LogP contribution in [0, 0.1) is 0 Å². The molecule has 0 atom stereocenters. The lowest BCUT2D eigenvalue weighted by atomic mass is 10.2. The summed E-state index contributed by atoms with van der Waals surface area (Å²) in [5, 5.41) is 3.12. The van der Waals surface area contributed by atoms with Gasteiger partial charge in [-0.2, -0.15) is 0 Å². The molecule has 0 bridgehead atoms. The Hall–Kier alpha value is -2.27. The second-order valence-corrected chi connectivity index (χ2v) is 4.53. The molecule has 106 valence electrons. The molecule has 1 aromatic carbocycles. The van der Waals surface area contributed by atoms with Crippen LogP contribution in [-0.2, 0) is 24.9 Å². The number of anilines is 1. The fraction of sp³-hybridized carbons (Fsp3) is 0.267. The van der Waals surface area contributed by atoms with Gasteiger partial charge in [0, 0.05) is 37.3 Å². The first-order chi connectivity index (χ1) is 9.70. The van der Waals surface area contributed by atoms with Gasteiger partial charge in [0.1, 0.15) is 0 Å². The molecule has 1 aromatic heterocycles. The highest BCUT2D eigenvalue weighted by atomic mass is 16.5. The fourth-order valence-electron chi connectivity index (χ4n) is 1.93. The van der Waals surface area contributed by atoms with Crippen LogP contribution in [0.3, 0.4) is 0 Å². The molecule has 0 aliphatic heterocycles. The number of hydrogen-bond acceptors (Lipinski definition) is 2. The van der Waals surface area contributed by atoms with Crippen LogP contribution >= 0.6 is 0 Å². The molecule has 3 N–H and O–H groups in total. The maximum absolute atomic E-state index is 5.93. The molecule has 0 spiro atoms. The van der Waals surface area contributed by atoms with Gasteiger partial charge in [0.2, 0.25) is 0 Å². The number of benzene rings is 1. The highest BCUT2D eigenvalue weighted by Crippen LogP contribution is 2.15. The van der Waals surface area contributed by atoms with E-state index in [1.54, 1.807) is 7.11 Å². The van der Waals surface area contributed by atoms with E-state index in [0.29, 0.717) is 19.1 Å². The molecule has 2 rings (SSSR count). The summed E-state index contributed by atoms with van der Waals surface area (Å²) in [4.78, 5) is 4.35. The first-order valence-corrected chi connectivity index (χ1v) is 6.44. The van der Waals surface area contributed by atoms with Crippen molar-refractivity contribution in [1.29, 1.82) is 0 Å². The number of nitrogens with zero attached hydrogens (tertiary/aromatic N) is 2. The van der Waals surface area contributed by atoms with Crippen LogP contribution in [-0.4, -0.2) is 17.6 Å². The van der Waals surface area contributed by atoms with Crippen molar-refractivity contribution < 1.29 is 4.74 Å². The van der Waals surface area contributed by atoms with Gasteiger partial charge in [0.15, 0.2) is 5.96 Å².